The summed E-state index contributed by atoms with van der Waals surface area (Å²) in [6, 6.07) is 0. The van der Waals surface area contributed by atoms with E-state index in [4.69, 9.17) is 15.2 Å². The van der Waals surface area contributed by atoms with Gasteiger partial charge in [-0.1, -0.05) is 22.9 Å². The van der Waals surface area contributed by atoms with Gasteiger partial charge >= 0.3 is 11.9 Å². The molecule has 0 spiro atoms. The molecular formula is C13H24BrNO4. The Hall–Kier alpha value is -0.620. The van der Waals surface area contributed by atoms with Gasteiger partial charge in [0.15, 0.2) is 5.92 Å². The van der Waals surface area contributed by atoms with Crippen molar-refractivity contribution in [3.05, 3.63) is 0 Å². The third-order valence-corrected chi connectivity index (χ3v) is 2.77. The van der Waals surface area contributed by atoms with Crippen molar-refractivity contribution in [2.45, 2.75) is 57.6 Å². The summed E-state index contributed by atoms with van der Waals surface area (Å²) in [6.07, 6.45) is 0. The lowest BCUT2D eigenvalue weighted by molar-refractivity contribution is -0.174. The SMILES string of the molecule is CC(Br)[C@@H](C(=O)OC(C)(C)C)C(=O)OC(C)(C)CN. The van der Waals surface area contributed by atoms with Crippen molar-refractivity contribution in [3.63, 3.8) is 0 Å². The van der Waals surface area contributed by atoms with E-state index in [1.165, 1.54) is 0 Å². The molecule has 0 amide bonds. The van der Waals surface area contributed by atoms with Crippen LogP contribution in [0.3, 0.4) is 0 Å². The third-order valence-electron chi connectivity index (χ3n) is 2.24. The van der Waals surface area contributed by atoms with Crippen molar-refractivity contribution >= 4 is 27.9 Å². The maximum atomic E-state index is 12.1. The molecular weight excluding hydrogens is 314 g/mol. The second kappa shape index (κ2) is 6.70. The van der Waals surface area contributed by atoms with Crippen LogP contribution in [0.1, 0.15) is 41.5 Å². The zero-order valence-corrected chi connectivity index (χ0v) is 14.0. The lowest BCUT2D eigenvalue weighted by atomic mass is 10.1. The van der Waals surface area contributed by atoms with Crippen molar-refractivity contribution < 1.29 is 19.1 Å². The molecule has 0 saturated carbocycles. The summed E-state index contributed by atoms with van der Waals surface area (Å²) in [6.45, 7) is 10.5. The van der Waals surface area contributed by atoms with Crippen LogP contribution in [0, 0.1) is 5.92 Å². The summed E-state index contributed by atoms with van der Waals surface area (Å²) in [7, 11) is 0. The van der Waals surface area contributed by atoms with Crippen LogP contribution in [0.15, 0.2) is 0 Å². The molecule has 0 heterocycles. The number of rotatable bonds is 5. The van der Waals surface area contributed by atoms with E-state index in [2.05, 4.69) is 15.9 Å². The van der Waals surface area contributed by atoms with Crippen LogP contribution < -0.4 is 5.73 Å². The Labute approximate surface area is 123 Å². The molecule has 0 fully saturated rings. The van der Waals surface area contributed by atoms with E-state index < -0.39 is 29.1 Å². The zero-order valence-electron chi connectivity index (χ0n) is 12.5. The molecule has 5 nitrogen and oxygen atoms in total. The summed E-state index contributed by atoms with van der Waals surface area (Å²) in [5.74, 6) is -2.24. The Kier molecular flexibility index (Phi) is 6.48. The molecule has 2 N–H and O–H groups in total. The summed E-state index contributed by atoms with van der Waals surface area (Å²) >= 11 is 3.25. The Bertz CT molecular complexity index is 334. The second-order valence-electron chi connectivity index (χ2n) is 6.07. The lowest BCUT2D eigenvalue weighted by Gasteiger charge is -2.28. The molecule has 0 aliphatic rings. The first kappa shape index (κ1) is 18.4. The molecule has 0 saturated heterocycles. The van der Waals surface area contributed by atoms with Gasteiger partial charge in [-0.05, 0) is 34.6 Å². The van der Waals surface area contributed by atoms with Crippen LogP contribution in [-0.4, -0.2) is 34.5 Å². The summed E-state index contributed by atoms with van der Waals surface area (Å²) in [5.41, 5.74) is 4.05. The van der Waals surface area contributed by atoms with Gasteiger partial charge in [0.25, 0.3) is 0 Å². The number of halogens is 1. The van der Waals surface area contributed by atoms with Gasteiger partial charge in [0.1, 0.15) is 11.2 Å². The minimum Gasteiger partial charge on any atom is -0.459 e. The predicted octanol–water partition coefficient (Wildman–Crippen LogP) is 2.01. The molecule has 0 bridgehead atoms. The van der Waals surface area contributed by atoms with E-state index in [0.717, 1.165) is 0 Å². The van der Waals surface area contributed by atoms with Gasteiger partial charge in [0.2, 0.25) is 0 Å². The Morgan fingerprint density at radius 1 is 1.11 bits per heavy atom. The average Bonchev–Trinajstić information content (AvgIpc) is 2.12. The molecule has 0 aromatic carbocycles. The number of carbonyl (C=O) groups excluding carboxylic acids is 2. The highest BCUT2D eigenvalue weighted by Crippen LogP contribution is 2.22. The number of carbonyl (C=O) groups is 2. The van der Waals surface area contributed by atoms with Crippen molar-refractivity contribution in [2.75, 3.05) is 6.54 Å². The largest absolute Gasteiger partial charge is 0.459 e. The van der Waals surface area contributed by atoms with Gasteiger partial charge in [0, 0.05) is 11.4 Å². The fourth-order valence-electron chi connectivity index (χ4n) is 1.21. The van der Waals surface area contributed by atoms with Gasteiger partial charge < -0.3 is 15.2 Å². The van der Waals surface area contributed by atoms with Crippen LogP contribution in [0.5, 0.6) is 0 Å². The smallest absolute Gasteiger partial charge is 0.322 e. The van der Waals surface area contributed by atoms with Crippen LogP contribution in [0.4, 0.5) is 0 Å². The maximum absolute atomic E-state index is 12.1. The molecule has 112 valence electrons. The summed E-state index contributed by atoms with van der Waals surface area (Å²) in [4.78, 5) is 23.7. The summed E-state index contributed by atoms with van der Waals surface area (Å²) in [5, 5.41) is 0. The van der Waals surface area contributed by atoms with Gasteiger partial charge in [-0.25, -0.2) is 0 Å². The third kappa shape index (κ3) is 6.92. The van der Waals surface area contributed by atoms with Crippen molar-refractivity contribution in [1.82, 2.24) is 0 Å². The topological polar surface area (TPSA) is 78.6 Å². The highest BCUT2D eigenvalue weighted by atomic mass is 79.9. The van der Waals surface area contributed by atoms with Crippen molar-refractivity contribution in [1.29, 1.82) is 0 Å². The zero-order chi connectivity index (χ0) is 15.4. The molecule has 0 aromatic heterocycles. The van der Waals surface area contributed by atoms with E-state index in [9.17, 15) is 9.59 Å². The fourth-order valence-corrected chi connectivity index (χ4v) is 1.65. The minimum atomic E-state index is -1.01. The van der Waals surface area contributed by atoms with Gasteiger partial charge in [-0.2, -0.15) is 0 Å². The highest BCUT2D eigenvalue weighted by Gasteiger charge is 2.38. The molecule has 6 heteroatoms. The highest BCUT2D eigenvalue weighted by molar-refractivity contribution is 9.09. The first-order valence-electron chi connectivity index (χ1n) is 6.19. The quantitative estimate of drug-likeness (QED) is 0.471. The Morgan fingerprint density at radius 2 is 1.53 bits per heavy atom. The molecule has 1 unspecified atom stereocenters. The van der Waals surface area contributed by atoms with Gasteiger partial charge in [-0.15, -0.1) is 0 Å². The predicted molar refractivity (Wildman–Crippen MR) is 76.9 cm³/mol. The van der Waals surface area contributed by atoms with Crippen LogP contribution in [0.25, 0.3) is 0 Å². The normalized spacial score (nSPS) is 15.6. The standard InChI is InChI=1S/C13H24BrNO4/c1-8(14)9(10(16)18-12(2,3)4)11(17)19-13(5,6)7-15/h8-9H,7,15H2,1-6H3/t8?,9-/m0/s1. The Balaban J connectivity index is 4.93. The molecule has 0 rings (SSSR count). The van der Waals surface area contributed by atoms with Crippen molar-refractivity contribution in [2.24, 2.45) is 11.7 Å². The van der Waals surface area contributed by atoms with E-state index in [1.807, 2.05) is 0 Å². The van der Waals surface area contributed by atoms with Crippen LogP contribution in [-0.2, 0) is 19.1 Å². The number of nitrogens with two attached hydrogens (primary N) is 1. The van der Waals surface area contributed by atoms with Crippen LogP contribution in [0.2, 0.25) is 0 Å². The molecule has 0 radical (unpaired) electrons. The lowest BCUT2D eigenvalue weighted by Crippen LogP contribution is -2.43. The minimum absolute atomic E-state index is 0.177. The number of esters is 2. The number of alkyl halides is 1. The second-order valence-corrected chi connectivity index (χ2v) is 7.52. The molecule has 0 aliphatic heterocycles. The van der Waals surface area contributed by atoms with E-state index in [0.29, 0.717) is 0 Å². The Morgan fingerprint density at radius 3 is 1.84 bits per heavy atom. The first-order valence-corrected chi connectivity index (χ1v) is 7.11. The van der Waals surface area contributed by atoms with E-state index >= 15 is 0 Å². The molecule has 0 aromatic rings. The number of ether oxygens (including phenoxy) is 2. The fraction of sp³-hybridized carbons (Fsp3) is 0.846. The molecule has 19 heavy (non-hydrogen) atoms. The number of hydrogen-bond acceptors (Lipinski definition) is 5. The average molecular weight is 338 g/mol. The van der Waals surface area contributed by atoms with Crippen LogP contribution >= 0.6 is 15.9 Å². The van der Waals surface area contributed by atoms with E-state index in [-0.39, 0.29) is 11.4 Å². The maximum Gasteiger partial charge on any atom is 0.322 e. The number of hydrogen-bond donors (Lipinski definition) is 1. The first-order chi connectivity index (χ1) is 8.39. The van der Waals surface area contributed by atoms with E-state index in [1.54, 1.807) is 41.5 Å². The van der Waals surface area contributed by atoms with Gasteiger partial charge in [-0.3, -0.25) is 9.59 Å². The van der Waals surface area contributed by atoms with Gasteiger partial charge in [0.05, 0.1) is 0 Å². The monoisotopic (exact) mass is 337 g/mol. The summed E-state index contributed by atoms with van der Waals surface area (Å²) < 4.78 is 10.5. The van der Waals surface area contributed by atoms with Crippen molar-refractivity contribution in [3.8, 4) is 0 Å². The molecule has 0 aliphatic carbocycles. The molecule has 2 atom stereocenters.